The fraction of sp³-hybridized carbons (Fsp3) is 0.750. The second-order valence-corrected chi connectivity index (χ2v) is 7.50. The third-order valence-corrected chi connectivity index (χ3v) is 6.11. The molecule has 21 heavy (non-hydrogen) atoms. The van der Waals surface area contributed by atoms with Crippen molar-refractivity contribution in [3.8, 4) is 0 Å². The minimum atomic E-state index is -0.156. The number of carbonyl (C=O) groups is 1. The van der Waals surface area contributed by atoms with Gasteiger partial charge in [0.05, 0.1) is 16.6 Å². The Morgan fingerprint density at radius 1 is 1.38 bits per heavy atom. The van der Waals surface area contributed by atoms with E-state index in [4.69, 9.17) is 10.7 Å². The van der Waals surface area contributed by atoms with Gasteiger partial charge < -0.3 is 5.73 Å². The Morgan fingerprint density at radius 2 is 2.14 bits per heavy atom. The van der Waals surface area contributed by atoms with Crippen molar-refractivity contribution in [1.29, 1.82) is 0 Å². The van der Waals surface area contributed by atoms with Gasteiger partial charge in [-0.2, -0.15) is 0 Å². The van der Waals surface area contributed by atoms with Crippen LogP contribution in [0.5, 0.6) is 0 Å². The van der Waals surface area contributed by atoms with Crippen molar-refractivity contribution in [2.75, 3.05) is 6.54 Å². The van der Waals surface area contributed by atoms with Gasteiger partial charge in [-0.15, -0.1) is 11.3 Å². The Balaban J connectivity index is 1.63. The first kappa shape index (κ1) is 15.0. The molecule has 2 heterocycles. The average Bonchev–Trinajstić information content (AvgIpc) is 3.11. The van der Waals surface area contributed by atoms with Gasteiger partial charge in [-0.1, -0.05) is 12.8 Å². The predicted molar refractivity (Wildman–Crippen MR) is 85.1 cm³/mol. The summed E-state index contributed by atoms with van der Waals surface area (Å²) in [5, 5.41) is 3.52. The number of piperidine rings is 1. The van der Waals surface area contributed by atoms with Gasteiger partial charge in [0, 0.05) is 30.4 Å². The number of rotatable bonds is 4. The molecule has 1 saturated carbocycles. The number of hydrogen-bond acceptors (Lipinski definition) is 4. The molecule has 2 aliphatic rings. The minimum Gasteiger partial charge on any atom is -0.369 e. The molecule has 1 aromatic heterocycles. The SMILES string of the molecule is C[C@H]1CC[C@@H](C(N)=O)CN1Cc1csc(C2CCCC2)n1. The summed E-state index contributed by atoms with van der Waals surface area (Å²) in [6.07, 6.45) is 7.28. The number of aromatic nitrogens is 1. The van der Waals surface area contributed by atoms with E-state index in [0.717, 1.165) is 25.9 Å². The molecular formula is C16H25N3OS. The first-order valence-corrected chi connectivity index (χ1v) is 8.99. The maximum absolute atomic E-state index is 11.4. The molecule has 0 spiro atoms. The van der Waals surface area contributed by atoms with E-state index in [0.29, 0.717) is 12.0 Å². The quantitative estimate of drug-likeness (QED) is 0.930. The molecule has 0 radical (unpaired) electrons. The molecule has 1 aliphatic carbocycles. The molecule has 1 saturated heterocycles. The van der Waals surface area contributed by atoms with Crippen molar-refractivity contribution in [3.05, 3.63) is 16.1 Å². The highest BCUT2D eigenvalue weighted by Crippen LogP contribution is 2.36. The first-order valence-electron chi connectivity index (χ1n) is 8.11. The number of hydrogen-bond donors (Lipinski definition) is 1. The molecule has 2 atom stereocenters. The molecule has 1 amide bonds. The van der Waals surface area contributed by atoms with Gasteiger partial charge in [-0.05, 0) is 32.6 Å². The van der Waals surface area contributed by atoms with Gasteiger partial charge in [0.2, 0.25) is 5.91 Å². The van der Waals surface area contributed by atoms with Crippen molar-refractivity contribution < 1.29 is 4.79 Å². The van der Waals surface area contributed by atoms with Crippen LogP contribution in [-0.2, 0) is 11.3 Å². The lowest BCUT2D eigenvalue weighted by atomic mass is 9.93. The summed E-state index contributed by atoms with van der Waals surface area (Å²) in [7, 11) is 0. The zero-order valence-electron chi connectivity index (χ0n) is 12.8. The van der Waals surface area contributed by atoms with Gasteiger partial charge >= 0.3 is 0 Å². The fourth-order valence-electron chi connectivity index (χ4n) is 3.60. The topological polar surface area (TPSA) is 59.2 Å². The third kappa shape index (κ3) is 3.46. The molecule has 116 valence electrons. The summed E-state index contributed by atoms with van der Waals surface area (Å²) in [4.78, 5) is 18.6. The van der Waals surface area contributed by atoms with Gasteiger partial charge in [0.25, 0.3) is 0 Å². The van der Waals surface area contributed by atoms with Crippen LogP contribution in [0.25, 0.3) is 0 Å². The second kappa shape index (κ2) is 6.44. The van der Waals surface area contributed by atoms with Gasteiger partial charge in [-0.3, -0.25) is 9.69 Å². The van der Waals surface area contributed by atoms with Crippen LogP contribution in [0.15, 0.2) is 5.38 Å². The zero-order chi connectivity index (χ0) is 14.8. The van der Waals surface area contributed by atoms with E-state index in [1.54, 1.807) is 0 Å². The van der Waals surface area contributed by atoms with Crippen molar-refractivity contribution >= 4 is 17.2 Å². The second-order valence-electron chi connectivity index (χ2n) is 6.61. The lowest BCUT2D eigenvalue weighted by Crippen LogP contribution is -2.45. The third-order valence-electron chi connectivity index (χ3n) is 5.05. The van der Waals surface area contributed by atoms with Crippen molar-refractivity contribution in [1.82, 2.24) is 9.88 Å². The number of likely N-dealkylation sites (tertiary alicyclic amines) is 1. The molecule has 2 fully saturated rings. The molecular weight excluding hydrogens is 282 g/mol. The number of nitrogens with two attached hydrogens (primary N) is 1. The monoisotopic (exact) mass is 307 g/mol. The van der Waals surface area contributed by atoms with Crippen LogP contribution >= 0.6 is 11.3 Å². The first-order chi connectivity index (χ1) is 10.1. The smallest absolute Gasteiger partial charge is 0.221 e. The number of nitrogens with zero attached hydrogens (tertiary/aromatic N) is 2. The van der Waals surface area contributed by atoms with Gasteiger partial charge in [0.15, 0.2) is 0 Å². The number of primary amides is 1. The van der Waals surface area contributed by atoms with Crippen LogP contribution < -0.4 is 5.73 Å². The standard InChI is InChI=1S/C16H25N3OS/c1-11-6-7-13(15(17)20)8-19(11)9-14-10-21-16(18-14)12-4-2-3-5-12/h10-13H,2-9H2,1H3,(H2,17,20)/t11-,13+/m0/s1. The van der Waals surface area contributed by atoms with E-state index in [9.17, 15) is 4.79 Å². The van der Waals surface area contributed by atoms with Crippen LogP contribution in [0.3, 0.4) is 0 Å². The fourth-order valence-corrected chi connectivity index (χ4v) is 4.58. The van der Waals surface area contributed by atoms with Crippen LogP contribution in [0.2, 0.25) is 0 Å². The maximum atomic E-state index is 11.4. The summed E-state index contributed by atoms with van der Waals surface area (Å²) in [5.74, 6) is 0.548. The van der Waals surface area contributed by atoms with Crippen LogP contribution in [-0.4, -0.2) is 28.4 Å². The molecule has 3 rings (SSSR count). The Bertz CT molecular complexity index is 495. The van der Waals surface area contributed by atoms with E-state index >= 15 is 0 Å². The molecule has 0 bridgehead atoms. The normalized spacial score (nSPS) is 28.0. The van der Waals surface area contributed by atoms with Gasteiger partial charge in [-0.25, -0.2) is 4.98 Å². The van der Waals surface area contributed by atoms with E-state index in [2.05, 4.69) is 17.2 Å². The minimum absolute atomic E-state index is 0.00846. The lowest BCUT2D eigenvalue weighted by Gasteiger charge is -2.36. The number of amides is 1. The van der Waals surface area contributed by atoms with Crippen molar-refractivity contribution in [2.24, 2.45) is 11.7 Å². The predicted octanol–water partition coefficient (Wildman–Crippen LogP) is 2.89. The molecule has 4 nitrogen and oxygen atoms in total. The number of carbonyl (C=O) groups excluding carboxylic acids is 1. The van der Waals surface area contributed by atoms with Crippen molar-refractivity contribution in [3.63, 3.8) is 0 Å². The van der Waals surface area contributed by atoms with E-state index in [1.807, 2.05) is 11.3 Å². The largest absolute Gasteiger partial charge is 0.369 e. The highest BCUT2D eigenvalue weighted by molar-refractivity contribution is 7.09. The molecule has 0 aromatic carbocycles. The molecule has 0 unspecified atom stereocenters. The summed E-state index contributed by atoms with van der Waals surface area (Å²) in [5.41, 5.74) is 6.64. The highest BCUT2D eigenvalue weighted by atomic mass is 32.1. The zero-order valence-corrected chi connectivity index (χ0v) is 13.6. The lowest BCUT2D eigenvalue weighted by molar-refractivity contribution is -0.124. The summed E-state index contributed by atoms with van der Waals surface area (Å²) in [6, 6.07) is 0.511. The van der Waals surface area contributed by atoms with E-state index < -0.39 is 0 Å². The van der Waals surface area contributed by atoms with Crippen LogP contribution in [0.1, 0.15) is 62.1 Å². The molecule has 5 heteroatoms. The maximum Gasteiger partial charge on any atom is 0.221 e. The van der Waals surface area contributed by atoms with E-state index in [1.165, 1.54) is 36.4 Å². The number of thiazole rings is 1. The molecule has 1 aliphatic heterocycles. The summed E-state index contributed by atoms with van der Waals surface area (Å²) in [6.45, 7) is 3.88. The summed E-state index contributed by atoms with van der Waals surface area (Å²) >= 11 is 1.81. The Labute approximate surface area is 130 Å². The average molecular weight is 307 g/mol. The molecule has 1 aromatic rings. The van der Waals surface area contributed by atoms with Crippen LogP contribution in [0, 0.1) is 5.92 Å². The Morgan fingerprint density at radius 3 is 2.86 bits per heavy atom. The van der Waals surface area contributed by atoms with Crippen LogP contribution in [0.4, 0.5) is 0 Å². The highest BCUT2D eigenvalue weighted by Gasteiger charge is 2.29. The Kier molecular flexibility index (Phi) is 4.60. The van der Waals surface area contributed by atoms with Gasteiger partial charge in [0.1, 0.15) is 0 Å². The molecule has 2 N–H and O–H groups in total. The van der Waals surface area contributed by atoms with Crippen molar-refractivity contribution in [2.45, 2.75) is 64.0 Å². The summed E-state index contributed by atoms with van der Waals surface area (Å²) < 4.78 is 0. The van der Waals surface area contributed by atoms with E-state index in [-0.39, 0.29) is 11.8 Å². The Hall–Kier alpha value is -0.940.